The van der Waals surface area contributed by atoms with Crippen molar-refractivity contribution in [2.24, 2.45) is 0 Å². The van der Waals surface area contributed by atoms with Crippen LogP contribution < -0.4 is 10.6 Å². The van der Waals surface area contributed by atoms with E-state index in [1.165, 1.54) is 0 Å². The van der Waals surface area contributed by atoms with E-state index in [9.17, 15) is 10.1 Å². The van der Waals surface area contributed by atoms with Crippen LogP contribution in [0.5, 0.6) is 0 Å². The first kappa shape index (κ1) is 15.2. The molecule has 0 fully saturated rings. The molecule has 0 radical (unpaired) electrons. The lowest BCUT2D eigenvalue weighted by Crippen LogP contribution is -2.32. The number of rotatable bonds is 7. The minimum Gasteiger partial charge on any atom is -0.396 e. The van der Waals surface area contributed by atoms with Crippen molar-refractivity contribution in [2.45, 2.75) is 32.7 Å². The van der Waals surface area contributed by atoms with Gasteiger partial charge in [0.25, 0.3) is 0 Å². The summed E-state index contributed by atoms with van der Waals surface area (Å²) in [6, 6.07) is 5.13. The lowest BCUT2D eigenvalue weighted by Gasteiger charge is -2.26. The van der Waals surface area contributed by atoms with Gasteiger partial charge in [0.15, 0.2) is 0 Å². The van der Waals surface area contributed by atoms with Gasteiger partial charge in [-0.2, -0.15) is 0 Å². The molecular formula is C13H21N3O3. The lowest BCUT2D eigenvalue weighted by atomic mass is 10.0. The second-order valence-corrected chi connectivity index (χ2v) is 4.97. The highest BCUT2D eigenvalue weighted by atomic mass is 16.6. The maximum absolute atomic E-state index is 11.2. The van der Waals surface area contributed by atoms with Crippen LogP contribution in [0.4, 0.5) is 17.1 Å². The molecule has 0 bridgehead atoms. The van der Waals surface area contributed by atoms with E-state index in [-0.39, 0.29) is 12.3 Å². The van der Waals surface area contributed by atoms with Gasteiger partial charge in [-0.25, -0.2) is 0 Å². The maximum atomic E-state index is 11.2. The van der Waals surface area contributed by atoms with E-state index >= 15 is 0 Å². The largest absolute Gasteiger partial charge is 0.396 e. The number of nitro groups is 1. The molecule has 19 heavy (non-hydrogen) atoms. The predicted octanol–water partition coefficient (Wildman–Crippen LogP) is 2.60. The average molecular weight is 267 g/mol. The summed E-state index contributed by atoms with van der Waals surface area (Å²) in [6.07, 6.45) is 0.510. The van der Waals surface area contributed by atoms with Gasteiger partial charge in [0.2, 0.25) is 0 Å². The minimum atomic E-state index is -0.412. The molecule has 0 heterocycles. The van der Waals surface area contributed by atoms with Gasteiger partial charge < -0.3 is 15.7 Å². The molecule has 3 N–H and O–H groups in total. The average Bonchev–Trinajstić information content (AvgIpc) is 2.28. The normalized spacial score (nSPS) is 11.2. The van der Waals surface area contributed by atoms with Crippen molar-refractivity contribution in [2.75, 3.05) is 23.8 Å². The highest BCUT2D eigenvalue weighted by Crippen LogP contribution is 2.34. The first-order valence-electron chi connectivity index (χ1n) is 6.31. The Morgan fingerprint density at radius 3 is 2.53 bits per heavy atom. The Hall–Kier alpha value is -1.82. The van der Waals surface area contributed by atoms with Gasteiger partial charge >= 0.3 is 5.69 Å². The third kappa shape index (κ3) is 4.10. The monoisotopic (exact) mass is 267 g/mol. The summed E-state index contributed by atoms with van der Waals surface area (Å²) in [4.78, 5) is 10.8. The number of nitrogens with zero attached hydrogens (tertiary/aromatic N) is 1. The molecule has 6 heteroatoms. The predicted molar refractivity (Wildman–Crippen MR) is 76.7 cm³/mol. The quantitative estimate of drug-likeness (QED) is 0.522. The third-order valence-corrected chi connectivity index (χ3v) is 2.80. The van der Waals surface area contributed by atoms with Crippen molar-refractivity contribution >= 4 is 17.1 Å². The molecule has 6 nitrogen and oxygen atoms in total. The third-order valence-electron chi connectivity index (χ3n) is 2.80. The zero-order valence-corrected chi connectivity index (χ0v) is 11.6. The molecule has 0 aromatic heterocycles. The number of benzene rings is 1. The Bertz CT molecular complexity index is 447. The minimum absolute atomic E-state index is 0.0285. The van der Waals surface area contributed by atoms with Crippen LogP contribution in [0.2, 0.25) is 0 Å². The fourth-order valence-corrected chi connectivity index (χ4v) is 1.88. The zero-order valence-electron chi connectivity index (χ0n) is 11.6. The van der Waals surface area contributed by atoms with Crippen molar-refractivity contribution < 1.29 is 10.0 Å². The van der Waals surface area contributed by atoms with Crippen molar-refractivity contribution in [1.82, 2.24) is 0 Å². The Kier molecular flexibility index (Phi) is 5.11. The number of nitro benzene ring substituents is 1. The molecule has 1 aromatic carbocycles. The number of para-hydroxylation sites is 1. The van der Waals surface area contributed by atoms with E-state index in [0.29, 0.717) is 24.3 Å². The van der Waals surface area contributed by atoms with Gasteiger partial charge in [0.05, 0.1) is 4.92 Å². The zero-order chi connectivity index (χ0) is 14.5. The molecule has 1 aromatic rings. The first-order valence-corrected chi connectivity index (χ1v) is 6.31. The second kappa shape index (κ2) is 6.38. The van der Waals surface area contributed by atoms with Crippen LogP contribution in [0.3, 0.4) is 0 Å². The Balaban J connectivity index is 3.13. The molecule has 0 aliphatic heterocycles. The van der Waals surface area contributed by atoms with Gasteiger partial charge in [-0.05, 0) is 39.3 Å². The highest BCUT2D eigenvalue weighted by molar-refractivity contribution is 5.76. The van der Waals surface area contributed by atoms with E-state index in [1.54, 1.807) is 18.2 Å². The van der Waals surface area contributed by atoms with Gasteiger partial charge in [-0.15, -0.1) is 0 Å². The number of aliphatic hydroxyl groups excluding tert-OH is 1. The number of anilines is 2. The van der Waals surface area contributed by atoms with E-state index in [4.69, 9.17) is 5.11 Å². The van der Waals surface area contributed by atoms with E-state index < -0.39 is 10.5 Å². The molecular weight excluding hydrogens is 246 g/mol. The topological polar surface area (TPSA) is 87.4 Å². The van der Waals surface area contributed by atoms with Gasteiger partial charge in [-0.1, -0.05) is 6.07 Å². The molecule has 0 amide bonds. The smallest absolute Gasteiger partial charge is 0.315 e. The molecule has 0 saturated carbocycles. The van der Waals surface area contributed by atoms with Gasteiger partial charge in [0, 0.05) is 18.7 Å². The summed E-state index contributed by atoms with van der Waals surface area (Å²) in [6.45, 7) is 6.32. The number of aliphatic hydroxyl groups is 1. The standard InChI is InChI=1S/C13H21N3O3/c1-4-14-10-6-5-7-11(12(10)16(18)19)15-13(2,3)8-9-17/h5-7,14-15,17H,4,8-9H2,1-3H3. The number of nitrogens with one attached hydrogen (secondary N) is 2. The van der Waals surface area contributed by atoms with Crippen LogP contribution in [0.25, 0.3) is 0 Å². The number of hydrogen-bond acceptors (Lipinski definition) is 5. The van der Waals surface area contributed by atoms with E-state index in [0.717, 1.165) is 0 Å². The van der Waals surface area contributed by atoms with Crippen LogP contribution in [0, 0.1) is 10.1 Å². The first-order chi connectivity index (χ1) is 8.91. The SMILES string of the molecule is CCNc1cccc(NC(C)(C)CCO)c1[N+](=O)[O-]. The summed E-state index contributed by atoms with van der Waals surface area (Å²) in [5, 5.41) is 26.4. The Morgan fingerprint density at radius 1 is 1.37 bits per heavy atom. The second-order valence-electron chi connectivity index (χ2n) is 4.97. The fraction of sp³-hybridized carbons (Fsp3) is 0.538. The fourth-order valence-electron chi connectivity index (χ4n) is 1.88. The van der Waals surface area contributed by atoms with Crippen LogP contribution in [-0.4, -0.2) is 28.7 Å². The summed E-state index contributed by atoms with van der Waals surface area (Å²) >= 11 is 0. The summed E-state index contributed by atoms with van der Waals surface area (Å²) < 4.78 is 0. The summed E-state index contributed by atoms with van der Waals surface area (Å²) in [7, 11) is 0. The summed E-state index contributed by atoms with van der Waals surface area (Å²) in [5.41, 5.74) is 0.583. The molecule has 0 atom stereocenters. The number of hydrogen-bond donors (Lipinski definition) is 3. The molecule has 0 unspecified atom stereocenters. The Labute approximate surface area is 113 Å². The van der Waals surface area contributed by atoms with Gasteiger partial charge in [0.1, 0.15) is 11.4 Å². The van der Waals surface area contributed by atoms with Gasteiger partial charge in [-0.3, -0.25) is 10.1 Å². The Morgan fingerprint density at radius 2 is 2.00 bits per heavy atom. The van der Waals surface area contributed by atoms with Crippen LogP contribution in [0.1, 0.15) is 27.2 Å². The van der Waals surface area contributed by atoms with E-state index in [2.05, 4.69) is 10.6 Å². The maximum Gasteiger partial charge on any atom is 0.315 e. The van der Waals surface area contributed by atoms with Crippen LogP contribution >= 0.6 is 0 Å². The molecule has 106 valence electrons. The summed E-state index contributed by atoms with van der Waals surface area (Å²) in [5.74, 6) is 0. The van der Waals surface area contributed by atoms with Crippen molar-refractivity contribution in [3.8, 4) is 0 Å². The van der Waals surface area contributed by atoms with E-state index in [1.807, 2.05) is 20.8 Å². The lowest BCUT2D eigenvalue weighted by molar-refractivity contribution is -0.383. The van der Waals surface area contributed by atoms with Crippen LogP contribution in [-0.2, 0) is 0 Å². The van der Waals surface area contributed by atoms with Crippen molar-refractivity contribution in [3.05, 3.63) is 28.3 Å². The molecule has 0 spiro atoms. The van der Waals surface area contributed by atoms with Crippen molar-refractivity contribution in [3.63, 3.8) is 0 Å². The molecule has 0 saturated heterocycles. The molecule has 0 aliphatic carbocycles. The molecule has 0 aliphatic rings. The molecule has 1 rings (SSSR count). The van der Waals surface area contributed by atoms with Crippen LogP contribution in [0.15, 0.2) is 18.2 Å². The van der Waals surface area contributed by atoms with Crippen molar-refractivity contribution in [1.29, 1.82) is 0 Å². The highest BCUT2D eigenvalue weighted by Gasteiger charge is 2.24.